The Morgan fingerprint density at radius 1 is 1.03 bits per heavy atom. The number of carbonyl (C=O) groups is 2. The molecule has 32 heavy (non-hydrogen) atoms. The fourth-order valence-corrected chi connectivity index (χ4v) is 3.78. The maximum Gasteiger partial charge on any atom is 0.324 e. The number of para-hydroxylation sites is 2. The number of methoxy groups -OCH3 is 1. The van der Waals surface area contributed by atoms with E-state index in [-0.39, 0.29) is 17.8 Å². The third-order valence-corrected chi connectivity index (χ3v) is 5.35. The average molecular weight is 433 g/mol. The molecule has 0 spiro atoms. The number of carbonyl (C=O) groups excluding carboxylic acids is 2. The highest BCUT2D eigenvalue weighted by Gasteiger charge is 2.27. The highest BCUT2D eigenvalue weighted by Crippen LogP contribution is 2.26. The van der Waals surface area contributed by atoms with Crippen molar-refractivity contribution in [2.45, 2.75) is 13.0 Å². The molecule has 0 atom stereocenters. The highest BCUT2D eigenvalue weighted by atomic mass is 19.1. The van der Waals surface area contributed by atoms with Crippen LogP contribution in [0.15, 0.2) is 72.8 Å². The maximum atomic E-state index is 13.5. The van der Waals surface area contributed by atoms with Crippen LogP contribution < -0.4 is 15.0 Å². The van der Waals surface area contributed by atoms with Gasteiger partial charge in [0.15, 0.2) is 0 Å². The van der Waals surface area contributed by atoms with Gasteiger partial charge in [0.05, 0.1) is 12.8 Å². The zero-order chi connectivity index (χ0) is 22.5. The minimum atomic E-state index is -0.322. The van der Waals surface area contributed by atoms with Gasteiger partial charge >= 0.3 is 6.03 Å². The van der Waals surface area contributed by atoms with Crippen LogP contribution in [-0.2, 0) is 6.54 Å². The van der Waals surface area contributed by atoms with Crippen LogP contribution in [0.1, 0.15) is 22.3 Å². The van der Waals surface area contributed by atoms with E-state index >= 15 is 0 Å². The van der Waals surface area contributed by atoms with E-state index in [4.69, 9.17) is 4.74 Å². The van der Waals surface area contributed by atoms with E-state index in [0.29, 0.717) is 42.3 Å². The van der Waals surface area contributed by atoms with Gasteiger partial charge in [0.1, 0.15) is 11.6 Å². The molecule has 0 aromatic heterocycles. The van der Waals surface area contributed by atoms with Gasteiger partial charge in [-0.05, 0) is 54.4 Å². The van der Waals surface area contributed by atoms with Crippen molar-refractivity contribution >= 4 is 23.3 Å². The molecule has 3 amide bonds. The van der Waals surface area contributed by atoms with Gasteiger partial charge in [0.25, 0.3) is 5.91 Å². The summed E-state index contributed by atoms with van der Waals surface area (Å²) in [5, 5.41) is 2.85. The van der Waals surface area contributed by atoms with Gasteiger partial charge in [0.2, 0.25) is 0 Å². The van der Waals surface area contributed by atoms with Gasteiger partial charge in [0, 0.05) is 30.9 Å². The summed E-state index contributed by atoms with van der Waals surface area (Å²) in [7, 11) is 1.54. The van der Waals surface area contributed by atoms with Crippen molar-refractivity contribution in [3.05, 3.63) is 89.7 Å². The first-order chi connectivity index (χ1) is 15.5. The first kappa shape index (κ1) is 21.4. The minimum absolute atomic E-state index is 0.164. The predicted octanol–water partition coefficient (Wildman–Crippen LogP) is 4.92. The molecule has 0 unspecified atom stereocenters. The number of hydrogen-bond acceptors (Lipinski definition) is 3. The lowest BCUT2D eigenvalue weighted by atomic mass is 10.1. The van der Waals surface area contributed by atoms with Crippen molar-refractivity contribution in [3.63, 3.8) is 0 Å². The van der Waals surface area contributed by atoms with E-state index < -0.39 is 0 Å². The lowest BCUT2D eigenvalue weighted by molar-refractivity contribution is 0.102. The summed E-state index contributed by atoms with van der Waals surface area (Å²) in [6.07, 6.45) is 0.776. The number of benzene rings is 3. The van der Waals surface area contributed by atoms with E-state index in [0.717, 1.165) is 12.0 Å². The van der Waals surface area contributed by atoms with E-state index in [9.17, 15) is 14.0 Å². The van der Waals surface area contributed by atoms with Crippen molar-refractivity contribution in [2.24, 2.45) is 0 Å². The summed E-state index contributed by atoms with van der Waals surface area (Å²) in [6, 6.07) is 20.2. The Labute approximate surface area is 186 Å². The average Bonchev–Trinajstić information content (AvgIpc) is 2.81. The summed E-state index contributed by atoms with van der Waals surface area (Å²) in [5.41, 5.74) is 2.39. The number of urea groups is 1. The second kappa shape index (κ2) is 9.51. The fourth-order valence-electron chi connectivity index (χ4n) is 3.78. The molecule has 1 heterocycles. The topological polar surface area (TPSA) is 61.9 Å². The lowest BCUT2D eigenvalue weighted by Gasteiger charge is -2.35. The van der Waals surface area contributed by atoms with Gasteiger partial charge in [-0.3, -0.25) is 9.69 Å². The SMILES string of the molecule is COc1ccccc1NC(=O)c1cccc(N2CCCN(Cc3cccc(F)c3)C2=O)c1. The van der Waals surface area contributed by atoms with Crippen LogP contribution in [0.25, 0.3) is 0 Å². The standard InChI is InChI=1S/C25H24FN3O3/c1-32-23-12-3-2-11-22(23)27-24(30)19-8-5-10-21(16-19)29-14-6-13-28(25(29)31)17-18-7-4-9-20(26)15-18/h2-5,7-12,15-16H,6,13-14,17H2,1H3,(H,27,30). The minimum Gasteiger partial charge on any atom is -0.495 e. The van der Waals surface area contributed by atoms with Crippen molar-refractivity contribution in [1.82, 2.24) is 4.90 Å². The molecule has 0 saturated carbocycles. The van der Waals surface area contributed by atoms with Crippen LogP contribution >= 0.6 is 0 Å². The molecule has 7 heteroatoms. The quantitative estimate of drug-likeness (QED) is 0.600. The number of anilines is 2. The van der Waals surface area contributed by atoms with Crippen LogP contribution in [0.2, 0.25) is 0 Å². The Morgan fingerprint density at radius 3 is 2.66 bits per heavy atom. The summed E-state index contributed by atoms with van der Waals surface area (Å²) in [6.45, 7) is 1.48. The Hall–Kier alpha value is -3.87. The van der Waals surface area contributed by atoms with Crippen LogP contribution in [0.4, 0.5) is 20.6 Å². The zero-order valence-electron chi connectivity index (χ0n) is 17.8. The smallest absolute Gasteiger partial charge is 0.324 e. The fraction of sp³-hybridized carbons (Fsp3) is 0.200. The maximum absolute atomic E-state index is 13.5. The molecule has 1 saturated heterocycles. The van der Waals surface area contributed by atoms with Gasteiger partial charge < -0.3 is 15.0 Å². The molecule has 1 N–H and O–H groups in total. The van der Waals surface area contributed by atoms with Crippen LogP contribution in [0.3, 0.4) is 0 Å². The number of amides is 3. The van der Waals surface area contributed by atoms with Crippen molar-refractivity contribution < 1.29 is 18.7 Å². The number of nitrogens with one attached hydrogen (secondary N) is 1. The van der Waals surface area contributed by atoms with E-state index in [1.807, 2.05) is 18.2 Å². The molecule has 1 aliphatic heterocycles. The van der Waals surface area contributed by atoms with Crippen molar-refractivity contribution in [2.75, 3.05) is 30.4 Å². The number of halogens is 1. The third-order valence-electron chi connectivity index (χ3n) is 5.35. The Kier molecular flexibility index (Phi) is 6.35. The Morgan fingerprint density at radius 2 is 1.84 bits per heavy atom. The number of nitrogens with zero attached hydrogens (tertiary/aromatic N) is 2. The van der Waals surface area contributed by atoms with E-state index in [1.54, 1.807) is 59.4 Å². The molecule has 3 aromatic rings. The van der Waals surface area contributed by atoms with Crippen molar-refractivity contribution in [3.8, 4) is 5.75 Å². The Bertz CT molecular complexity index is 1130. The molecule has 1 fully saturated rings. The van der Waals surface area contributed by atoms with Gasteiger partial charge in [-0.15, -0.1) is 0 Å². The summed E-state index contributed by atoms with van der Waals surface area (Å²) >= 11 is 0. The van der Waals surface area contributed by atoms with Crippen molar-refractivity contribution in [1.29, 1.82) is 0 Å². The summed E-state index contributed by atoms with van der Waals surface area (Å²) in [4.78, 5) is 29.3. The van der Waals surface area contributed by atoms with Gasteiger partial charge in [-0.25, -0.2) is 9.18 Å². The number of hydrogen-bond donors (Lipinski definition) is 1. The second-order valence-corrected chi connectivity index (χ2v) is 7.54. The van der Waals surface area contributed by atoms with Crippen LogP contribution in [-0.4, -0.2) is 37.0 Å². The molecule has 1 aliphatic rings. The number of rotatable bonds is 6. The molecular formula is C25H24FN3O3. The van der Waals surface area contributed by atoms with E-state index in [1.165, 1.54) is 12.1 Å². The molecule has 0 bridgehead atoms. The third kappa shape index (κ3) is 4.72. The summed E-state index contributed by atoms with van der Waals surface area (Å²) < 4.78 is 18.8. The van der Waals surface area contributed by atoms with Crippen LogP contribution in [0, 0.1) is 5.82 Å². The molecule has 0 radical (unpaired) electrons. The molecule has 0 aliphatic carbocycles. The van der Waals surface area contributed by atoms with Gasteiger partial charge in [-0.1, -0.05) is 30.3 Å². The molecule has 3 aromatic carbocycles. The highest BCUT2D eigenvalue weighted by molar-refractivity contribution is 6.06. The Balaban J connectivity index is 1.50. The second-order valence-electron chi connectivity index (χ2n) is 7.54. The predicted molar refractivity (Wildman–Crippen MR) is 122 cm³/mol. The normalized spacial score (nSPS) is 13.8. The zero-order valence-corrected chi connectivity index (χ0v) is 17.8. The van der Waals surface area contributed by atoms with E-state index in [2.05, 4.69) is 5.32 Å². The first-order valence-electron chi connectivity index (χ1n) is 10.4. The lowest BCUT2D eigenvalue weighted by Crippen LogP contribution is -2.49. The molecular weight excluding hydrogens is 409 g/mol. The largest absolute Gasteiger partial charge is 0.495 e. The first-order valence-corrected chi connectivity index (χ1v) is 10.4. The molecule has 6 nitrogen and oxygen atoms in total. The number of ether oxygens (including phenoxy) is 1. The van der Waals surface area contributed by atoms with Gasteiger partial charge in [-0.2, -0.15) is 0 Å². The van der Waals surface area contributed by atoms with Crippen LogP contribution in [0.5, 0.6) is 5.75 Å². The monoisotopic (exact) mass is 433 g/mol. The summed E-state index contributed by atoms with van der Waals surface area (Å²) in [5.74, 6) is -0.0498. The molecule has 4 rings (SSSR count). The molecule has 164 valence electrons.